The minimum atomic E-state index is -3.69. The number of aromatic nitrogens is 2. The molecular weight excluding hydrogens is 548 g/mol. The van der Waals surface area contributed by atoms with Crippen LogP contribution in [0.5, 0.6) is 11.5 Å². The predicted molar refractivity (Wildman–Crippen MR) is 146 cm³/mol. The Hall–Kier alpha value is -3.99. The van der Waals surface area contributed by atoms with Crippen LogP contribution in [0.15, 0.2) is 83.9 Å². The summed E-state index contributed by atoms with van der Waals surface area (Å²) in [5, 5.41) is 1.13. The Bertz CT molecular complexity index is 1850. The van der Waals surface area contributed by atoms with Crippen molar-refractivity contribution < 1.29 is 21.9 Å². The number of pyridine rings is 1. The van der Waals surface area contributed by atoms with E-state index in [1.54, 1.807) is 66.3 Å². The molecule has 0 radical (unpaired) electrons. The van der Waals surface area contributed by atoms with Crippen molar-refractivity contribution in [3.05, 3.63) is 117 Å². The third-order valence-corrected chi connectivity index (χ3v) is 7.66. The molecule has 0 fully saturated rings. The van der Waals surface area contributed by atoms with E-state index in [0.717, 1.165) is 12.1 Å². The van der Waals surface area contributed by atoms with Crippen molar-refractivity contribution in [2.75, 3.05) is 0 Å². The van der Waals surface area contributed by atoms with Crippen molar-refractivity contribution in [1.29, 1.82) is 0 Å². The number of fused-ring (bicyclic) bond motifs is 1. The first-order valence-corrected chi connectivity index (χ1v) is 13.8. The third kappa shape index (κ3) is 5.88. The SMILES string of the molecule is Cn1cc(-c2cc(CNS(=O)(=O)Cc3ccc(Cl)cc3)ccc2Oc2ccc(F)cc2F)c2cc[nH]c(=O)c21. The van der Waals surface area contributed by atoms with Crippen molar-refractivity contribution in [1.82, 2.24) is 14.3 Å². The largest absolute Gasteiger partial charge is 0.454 e. The molecule has 0 saturated heterocycles. The zero-order valence-corrected chi connectivity index (χ0v) is 22.1. The van der Waals surface area contributed by atoms with Crippen LogP contribution in [0.2, 0.25) is 5.02 Å². The minimum Gasteiger partial charge on any atom is -0.454 e. The Labute approximate surface area is 227 Å². The van der Waals surface area contributed by atoms with Gasteiger partial charge in [0.15, 0.2) is 11.6 Å². The third-order valence-electron chi connectivity index (χ3n) is 6.11. The van der Waals surface area contributed by atoms with Crippen LogP contribution in [0.1, 0.15) is 11.1 Å². The van der Waals surface area contributed by atoms with Crippen LogP contribution in [-0.4, -0.2) is 18.0 Å². The first-order chi connectivity index (χ1) is 18.6. The Morgan fingerprint density at radius 2 is 1.67 bits per heavy atom. The molecule has 0 spiro atoms. The fraction of sp³-hybridized carbons (Fsp3) is 0.107. The molecule has 5 rings (SSSR count). The summed E-state index contributed by atoms with van der Waals surface area (Å²) in [7, 11) is -1.97. The molecule has 7 nitrogen and oxygen atoms in total. The van der Waals surface area contributed by atoms with Gasteiger partial charge >= 0.3 is 0 Å². The molecule has 2 N–H and O–H groups in total. The number of benzene rings is 3. The van der Waals surface area contributed by atoms with Crippen molar-refractivity contribution in [2.45, 2.75) is 12.3 Å². The summed E-state index contributed by atoms with van der Waals surface area (Å²) in [5.41, 5.74) is 2.41. The highest BCUT2D eigenvalue weighted by Crippen LogP contribution is 2.38. The fourth-order valence-electron chi connectivity index (χ4n) is 4.29. The maximum atomic E-state index is 14.4. The van der Waals surface area contributed by atoms with Crippen LogP contribution in [0, 0.1) is 11.6 Å². The molecule has 0 aliphatic rings. The molecule has 39 heavy (non-hydrogen) atoms. The van der Waals surface area contributed by atoms with Gasteiger partial charge in [0.2, 0.25) is 10.0 Å². The number of nitrogens with zero attached hydrogens (tertiary/aromatic N) is 1. The highest BCUT2D eigenvalue weighted by Gasteiger charge is 2.18. The van der Waals surface area contributed by atoms with Gasteiger partial charge in [0, 0.05) is 53.6 Å². The fourth-order valence-corrected chi connectivity index (χ4v) is 5.53. The normalized spacial score (nSPS) is 11.7. The van der Waals surface area contributed by atoms with E-state index in [2.05, 4.69) is 9.71 Å². The predicted octanol–water partition coefficient (Wildman–Crippen LogP) is 5.88. The smallest absolute Gasteiger partial charge is 0.272 e. The molecular formula is C28H22ClF2N3O4S. The van der Waals surface area contributed by atoms with Crippen LogP contribution < -0.4 is 15.0 Å². The van der Waals surface area contributed by atoms with Gasteiger partial charge in [0.05, 0.1) is 5.75 Å². The average molecular weight is 570 g/mol. The Morgan fingerprint density at radius 1 is 0.949 bits per heavy atom. The van der Waals surface area contributed by atoms with Crippen molar-refractivity contribution in [3.8, 4) is 22.6 Å². The van der Waals surface area contributed by atoms with E-state index in [1.165, 1.54) is 12.3 Å². The molecule has 0 atom stereocenters. The maximum Gasteiger partial charge on any atom is 0.272 e. The first-order valence-electron chi connectivity index (χ1n) is 11.7. The lowest BCUT2D eigenvalue weighted by atomic mass is 10.0. The van der Waals surface area contributed by atoms with Gasteiger partial charge in [-0.15, -0.1) is 0 Å². The van der Waals surface area contributed by atoms with Gasteiger partial charge in [-0.2, -0.15) is 0 Å². The summed E-state index contributed by atoms with van der Waals surface area (Å²) >= 11 is 5.88. The summed E-state index contributed by atoms with van der Waals surface area (Å²) in [5.74, 6) is -1.80. The van der Waals surface area contributed by atoms with E-state index < -0.39 is 21.7 Å². The lowest BCUT2D eigenvalue weighted by molar-refractivity contribution is 0.439. The zero-order chi connectivity index (χ0) is 27.7. The molecule has 0 aliphatic carbocycles. The lowest BCUT2D eigenvalue weighted by Gasteiger charge is -2.14. The molecule has 0 bridgehead atoms. The molecule has 0 amide bonds. The number of H-pyrrole nitrogens is 1. The van der Waals surface area contributed by atoms with Crippen LogP contribution in [0.3, 0.4) is 0 Å². The Kier molecular flexibility index (Phi) is 7.26. The second-order valence-electron chi connectivity index (χ2n) is 8.94. The molecule has 3 aromatic carbocycles. The van der Waals surface area contributed by atoms with Gasteiger partial charge in [-0.25, -0.2) is 21.9 Å². The topological polar surface area (TPSA) is 93.2 Å². The van der Waals surface area contributed by atoms with Crippen LogP contribution in [-0.2, 0) is 29.4 Å². The maximum absolute atomic E-state index is 14.4. The summed E-state index contributed by atoms with van der Waals surface area (Å²) in [6, 6.07) is 16.2. The van der Waals surface area contributed by atoms with Crippen LogP contribution in [0.25, 0.3) is 22.0 Å². The van der Waals surface area contributed by atoms with E-state index in [1.807, 2.05) is 0 Å². The van der Waals surface area contributed by atoms with Gasteiger partial charge in [0.1, 0.15) is 17.1 Å². The number of hydrogen-bond acceptors (Lipinski definition) is 4. The number of halogens is 3. The molecule has 11 heteroatoms. The standard InChI is InChI=1S/C28H22ClF2N3O4S/c1-34-15-23(21-10-11-32-28(35)27(21)34)22-12-18(4-8-25(22)38-26-9-7-20(30)13-24(26)31)14-33-39(36,37)16-17-2-5-19(29)6-3-17/h2-13,15,33H,14,16H2,1H3,(H,32,35). The quantitative estimate of drug-likeness (QED) is 0.244. The number of hydrogen-bond donors (Lipinski definition) is 2. The Balaban J connectivity index is 1.51. The molecule has 0 unspecified atom stereocenters. The summed E-state index contributed by atoms with van der Waals surface area (Å²) < 4.78 is 63.4. The highest BCUT2D eigenvalue weighted by molar-refractivity contribution is 7.88. The average Bonchev–Trinajstić information content (AvgIpc) is 3.23. The number of sulfonamides is 1. The number of nitrogens with one attached hydrogen (secondary N) is 2. The van der Waals surface area contributed by atoms with E-state index in [0.29, 0.717) is 38.2 Å². The summed E-state index contributed by atoms with van der Waals surface area (Å²) in [6.07, 6.45) is 3.25. The van der Waals surface area contributed by atoms with Crippen LogP contribution >= 0.6 is 11.6 Å². The van der Waals surface area contributed by atoms with Gasteiger partial charge in [-0.3, -0.25) is 4.79 Å². The molecule has 200 valence electrons. The number of ether oxygens (including phenoxy) is 1. The summed E-state index contributed by atoms with van der Waals surface area (Å²) in [6.45, 7) is -0.0283. The second kappa shape index (κ2) is 10.6. The molecule has 0 aliphatic heterocycles. The van der Waals surface area contributed by atoms with Crippen molar-refractivity contribution in [2.24, 2.45) is 7.05 Å². The molecule has 0 saturated carbocycles. The first kappa shape index (κ1) is 26.6. The van der Waals surface area contributed by atoms with Gasteiger partial charge in [0.25, 0.3) is 5.56 Å². The van der Waals surface area contributed by atoms with E-state index in [9.17, 15) is 22.0 Å². The van der Waals surface area contributed by atoms with Gasteiger partial charge in [-0.05, 0) is 53.6 Å². The molecule has 2 aromatic heterocycles. The van der Waals surface area contributed by atoms with Crippen molar-refractivity contribution >= 4 is 32.5 Å². The number of aryl methyl sites for hydroxylation is 1. The Morgan fingerprint density at radius 3 is 2.41 bits per heavy atom. The van der Waals surface area contributed by atoms with Gasteiger partial charge < -0.3 is 14.3 Å². The number of aromatic amines is 1. The minimum absolute atomic E-state index is 0.0283. The lowest BCUT2D eigenvalue weighted by Crippen LogP contribution is -2.24. The monoisotopic (exact) mass is 569 g/mol. The number of rotatable bonds is 8. The van der Waals surface area contributed by atoms with E-state index >= 15 is 0 Å². The second-order valence-corrected chi connectivity index (χ2v) is 11.2. The van der Waals surface area contributed by atoms with Gasteiger partial charge in [-0.1, -0.05) is 29.8 Å². The van der Waals surface area contributed by atoms with E-state index in [-0.39, 0.29) is 29.4 Å². The molecule has 2 heterocycles. The van der Waals surface area contributed by atoms with Crippen LogP contribution in [0.4, 0.5) is 8.78 Å². The summed E-state index contributed by atoms with van der Waals surface area (Å²) in [4.78, 5) is 15.1. The van der Waals surface area contributed by atoms with E-state index in [4.69, 9.17) is 16.3 Å². The highest BCUT2D eigenvalue weighted by atomic mass is 35.5. The van der Waals surface area contributed by atoms with Crippen molar-refractivity contribution in [3.63, 3.8) is 0 Å². The zero-order valence-electron chi connectivity index (χ0n) is 20.5. The molecule has 5 aromatic rings.